The molecule has 6 nitrogen and oxygen atoms in total. The van der Waals surface area contributed by atoms with Gasteiger partial charge in [0.15, 0.2) is 16.0 Å². The average Bonchev–Trinajstić information content (AvgIpc) is 3.16. The van der Waals surface area contributed by atoms with E-state index in [2.05, 4.69) is 22.1 Å². The number of carboxylic acids is 1. The molecule has 1 aliphatic heterocycles. The van der Waals surface area contributed by atoms with Crippen molar-refractivity contribution in [1.82, 2.24) is 10.2 Å². The summed E-state index contributed by atoms with van der Waals surface area (Å²) in [6.45, 7) is 2.21. The monoisotopic (exact) mass is 449 g/mol. The lowest BCUT2D eigenvalue weighted by Gasteiger charge is -2.15. The Hall–Kier alpha value is -2.13. The van der Waals surface area contributed by atoms with Crippen LogP contribution in [0, 0.1) is 11.7 Å². The van der Waals surface area contributed by atoms with Gasteiger partial charge >= 0.3 is 5.97 Å². The van der Waals surface area contributed by atoms with Crippen molar-refractivity contribution >= 4 is 46.8 Å². The van der Waals surface area contributed by atoms with E-state index in [1.54, 1.807) is 0 Å². The fourth-order valence-electron chi connectivity index (χ4n) is 3.20. The van der Waals surface area contributed by atoms with Crippen molar-refractivity contribution in [3.8, 4) is 0 Å². The molecule has 1 aromatic carbocycles. The zero-order chi connectivity index (χ0) is 21.5. The summed E-state index contributed by atoms with van der Waals surface area (Å²) in [5.74, 6) is -3.92. The summed E-state index contributed by atoms with van der Waals surface area (Å²) in [4.78, 5) is 27.6. The molecule has 0 spiro atoms. The number of carbonyl (C=O) groups is 2. The van der Waals surface area contributed by atoms with Crippen LogP contribution in [0.3, 0.4) is 0 Å². The number of unbranched alkanes of at least 4 members (excludes halogenated alkanes) is 6. The molecule has 0 radical (unpaired) electrons. The molecule has 1 aromatic heterocycles. The van der Waals surface area contributed by atoms with E-state index in [4.69, 9.17) is 5.11 Å². The van der Waals surface area contributed by atoms with Crippen molar-refractivity contribution < 1.29 is 19.1 Å². The van der Waals surface area contributed by atoms with E-state index in [-0.39, 0.29) is 16.1 Å². The van der Waals surface area contributed by atoms with Gasteiger partial charge in [0.2, 0.25) is 0 Å². The van der Waals surface area contributed by atoms with E-state index >= 15 is 0 Å². The van der Waals surface area contributed by atoms with Gasteiger partial charge in [-0.1, -0.05) is 68.5 Å². The van der Waals surface area contributed by atoms with Crippen molar-refractivity contribution in [2.24, 2.45) is 10.9 Å². The number of rotatable bonds is 11. The molecule has 0 amide bonds. The summed E-state index contributed by atoms with van der Waals surface area (Å²) in [5, 5.41) is 18.3. The quantitative estimate of drug-likeness (QED) is 0.348. The lowest BCUT2D eigenvalue weighted by atomic mass is 9.95. The highest BCUT2D eigenvalue weighted by Gasteiger charge is 2.31. The zero-order valence-electron chi connectivity index (χ0n) is 16.8. The Morgan fingerprint density at radius 2 is 1.90 bits per heavy atom. The van der Waals surface area contributed by atoms with Gasteiger partial charge in [-0.15, -0.1) is 10.2 Å². The number of aliphatic carboxylic acids is 1. The van der Waals surface area contributed by atoms with Gasteiger partial charge < -0.3 is 5.11 Å². The molecule has 0 aliphatic carbocycles. The van der Waals surface area contributed by atoms with E-state index in [0.29, 0.717) is 4.34 Å². The summed E-state index contributed by atoms with van der Waals surface area (Å²) < 4.78 is 15.2. The minimum atomic E-state index is -1.37. The standard InChI is InChI=1S/C21H24FN3O3S2/c1-2-3-4-5-6-7-8-9-18-24-25-21(30-18)29-17-11-16-13(10-15(17)22)19(26)14(12-23-16)20(27)28/h10-12,14H,2-9H2,1H3,(H,27,28). The van der Waals surface area contributed by atoms with E-state index in [9.17, 15) is 14.0 Å². The van der Waals surface area contributed by atoms with Crippen molar-refractivity contribution in [3.05, 3.63) is 28.5 Å². The van der Waals surface area contributed by atoms with Crippen LogP contribution in [-0.2, 0) is 11.2 Å². The molecular weight excluding hydrogens is 425 g/mol. The van der Waals surface area contributed by atoms with Crippen LogP contribution in [0.2, 0.25) is 0 Å². The third kappa shape index (κ3) is 5.72. The van der Waals surface area contributed by atoms with Crippen LogP contribution in [0.1, 0.15) is 67.2 Å². The topological polar surface area (TPSA) is 92.5 Å². The van der Waals surface area contributed by atoms with Gasteiger partial charge in [0.1, 0.15) is 10.8 Å². The fourth-order valence-corrected chi connectivity index (χ4v) is 5.13. The van der Waals surface area contributed by atoms with E-state index in [1.807, 2.05) is 0 Å². The summed E-state index contributed by atoms with van der Waals surface area (Å²) in [5.41, 5.74) is 0.262. The number of fused-ring (bicyclic) bond motifs is 1. The first kappa shape index (κ1) is 22.6. The van der Waals surface area contributed by atoms with E-state index < -0.39 is 23.5 Å². The average molecular weight is 450 g/mol. The molecule has 0 bridgehead atoms. The maximum atomic E-state index is 14.5. The number of carbonyl (C=O) groups excluding carboxylic acids is 1. The lowest BCUT2D eigenvalue weighted by Crippen LogP contribution is -2.27. The molecule has 0 saturated heterocycles. The van der Waals surface area contributed by atoms with E-state index in [1.165, 1.54) is 55.9 Å². The van der Waals surface area contributed by atoms with Crippen molar-refractivity contribution in [2.75, 3.05) is 0 Å². The van der Waals surface area contributed by atoms with E-state index in [0.717, 1.165) is 41.9 Å². The number of benzene rings is 1. The molecule has 0 saturated carbocycles. The molecule has 30 heavy (non-hydrogen) atoms. The third-order valence-electron chi connectivity index (χ3n) is 4.87. The van der Waals surface area contributed by atoms with Gasteiger partial charge in [-0.25, -0.2) is 4.39 Å². The van der Waals surface area contributed by atoms with Gasteiger partial charge in [0.05, 0.1) is 10.6 Å². The number of nitrogens with zero attached hydrogens (tertiary/aromatic N) is 3. The Kier molecular flexibility index (Phi) is 8.09. The highest BCUT2D eigenvalue weighted by molar-refractivity contribution is 8.01. The van der Waals surface area contributed by atoms with Gasteiger partial charge in [0.25, 0.3) is 0 Å². The summed E-state index contributed by atoms with van der Waals surface area (Å²) >= 11 is 2.58. The number of halogens is 1. The predicted octanol–water partition coefficient (Wildman–Crippen LogP) is 5.72. The second-order valence-electron chi connectivity index (χ2n) is 7.19. The van der Waals surface area contributed by atoms with Gasteiger partial charge in [-0.05, 0) is 18.6 Å². The first-order chi connectivity index (χ1) is 14.5. The second kappa shape index (κ2) is 10.8. The van der Waals surface area contributed by atoms with Crippen molar-refractivity contribution in [1.29, 1.82) is 0 Å². The number of aryl methyl sites for hydroxylation is 1. The molecule has 1 aliphatic rings. The first-order valence-electron chi connectivity index (χ1n) is 10.1. The molecule has 1 unspecified atom stereocenters. The number of Topliss-reactive ketones (excluding diaryl/α,β-unsaturated/α-hetero) is 1. The smallest absolute Gasteiger partial charge is 0.319 e. The Balaban J connectivity index is 1.58. The van der Waals surface area contributed by atoms with Crippen LogP contribution in [-0.4, -0.2) is 33.3 Å². The van der Waals surface area contributed by atoms with Gasteiger partial charge in [-0.3, -0.25) is 14.6 Å². The van der Waals surface area contributed by atoms with Gasteiger partial charge in [0, 0.05) is 18.2 Å². The van der Waals surface area contributed by atoms with Crippen LogP contribution in [0.25, 0.3) is 0 Å². The highest BCUT2D eigenvalue weighted by atomic mass is 32.2. The van der Waals surface area contributed by atoms with Crippen LogP contribution in [0.4, 0.5) is 10.1 Å². The van der Waals surface area contributed by atoms with Crippen LogP contribution in [0.5, 0.6) is 0 Å². The lowest BCUT2D eigenvalue weighted by molar-refractivity contribution is -0.137. The predicted molar refractivity (Wildman–Crippen MR) is 116 cm³/mol. The maximum Gasteiger partial charge on any atom is 0.319 e. The van der Waals surface area contributed by atoms with Gasteiger partial charge in [-0.2, -0.15) is 0 Å². The number of ketones is 1. The zero-order valence-corrected chi connectivity index (χ0v) is 18.4. The minimum absolute atomic E-state index is 0.0105. The van der Waals surface area contributed by atoms with Crippen LogP contribution in [0.15, 0.2) is 26.4 Å². The van der Waals surface area contributed by atoms with Crippen molar-refractivity contribution in [2.45, 2.75) is 67.5 Å². The fraction of sp³-hybridized carbons (Fsp3) is 0.476. The molecule has 160 valence electrons. The maximum absolute atomic E-state index is 14.5. The molecule has 9 heteroatoms. The van der Waals surface area contributed by atoms with Crippen LogP contribution < -0.4 is 0 Å². The Morgan fingerprint density at radius 1 is 1.17 bits per heavy atom. The summed E-state index contributed by atoms with van der Waals surface area (Å²) in [7, 11) is 0. The summed E-state index contributed by atoms with van der Waals surface area (Å²) in [6, 6.07) is 2.52. The van der Waals surface area contributed by atoms with Crippen molar-refractivity contribution in [3.63, 3.8) is 0 Å². The molecule has 3 rings (SSSR count). The number of carboxylic acid groups (broad SMARTS) is 1. The third-order valence-corrected chi connectivity index (χ3v) is 6.93. The molecular formula is C21H24FN3O3S2. The number of aromatic nitrogens is 2. The SMILES string of the molecule is CCCCCCCCCc1nnc(Sc2cc3c(cc2F)C(=O)C(C(=O)O)C=N3)s1. The number of aliphatic imine (C=N–C) groups is 1. The molecule has 2 aromatic rings. The first-order valence-corrected chi connectivity index (χ1v) is 11.8. The minimum Gasteiger partial charge on any atom is -0.480 e. The summed E-state index contributed by atoms with van der Waals surface area (Å²) in [6.07, 6.45) is 10.6. The molecule has 1 N–H and O–H groups in total. The normalized spacial score (nSPS) is 15.4. The molecule has 0 fully saturated rings. The number of hydrogen-bond acceptors (Lipinski definition) is 7. The Labute approximate surface area is 183 Å². The highest BCUT2D eigenvalue weighted by Crippen LogP contribution is 2.37. The van der Waals surface area contributed by atoms with Crippen LogP contribution >= 0.6 is 23.1 Å². The number of hydrogen-bond donors (Lipinski definition) is 1. The second-order valence-corrected chi connectivity index (χ2v) is 9.54. The molecule has 2 heterocycles. The Bertz CT molecular complexity index is 946. The Morgan fingerprint density at radius 3 is 2.63 bits per heavy atom. The largest absolute Gasteiger partial charge is 0.480 e. The molecule has 1 atom stereocenters.